The fraction of sp³-hybridized carbons (Fsp3) is 0.318. The predicted molar refractivity (Wildman–Crippen MR) is 113 cm³/mol. The summed E-state index contributed by atoms with van der Waals surface area (Å²) in [6, 6.07) is 14.2. The lowest BCUT2D eigenvalue weighted by atomic mass is 10.2. The zero-order valence-corrected chi connectivity index (χ0v) is 17.5. The monoisotopic (exact) mass is 411 g/mol. The van der Waals surface area contributed by atoms with Gasteiger partial charge in [0.1, 0.15) is 6.54 Å². The van der Waals surface area contributed by atoms with Crippen LogP contribution < -0.4 is 0 Å². The fourth-order valence-corrected chi connectivity index (χ4v) is 5.18. The molecule has 2 heterocycles. The van der Waals surface area contributed by atoms with Crippen molar-refractivity contribution in [1.82, 2.24) is 14.4 Å². The smallest absolute Gasteiger partial charge is 0.242 e. The normalized spacial score (nSPS) is 15.7. The van der Waals surface area contributed by atoms with E-state index in [9.17, 15) is 13.2 Å². The van der Waals surface area contributed by atoms with E-state index in [0.29, 0.717) is 18.5 Å². The van der Waals surface area contributed by atoms with E-state index in [4.69, 9.17) is 0 Å². The molecule has 1 aliphatic rings. The molecule has 1 fully saturated rings. The van der Waals surface area contributed by atoms with Crippen molar-refractivity contribution < 1.29 is 13.2 Å². The minimum Gasteiger partial charge on any atom is -0.339 e. The lowest BCUT2D eigenvalue weighted by Gasteiger charge is -2.32. The molecule has 1 saturated heterocycles. The van der Waals surface area contributed by atoms with Crippen LogP contribution in [0.15, 0.2) is 64.5 Å². The number of carbonyl (C=O) groups is 1. The molecule has 7 heteroatoms. The van der Waals surface area contributed by atoms with Crippen molar-refractivity contribution in [3.63, 3.8) is 0 Å². The summed E-state index contributed by atoms with van der Waals surface area (Å²) < 4.78 is 28.3. The molecule has 0 aliphatic carbocycles. The number of hydrogen-bond acceptors (Lipinski definition) is 4. The largest absolute Gasteiger partial charge is 0.339 e. The second-order valence-electron chi connectivity index (χ2n) is 7.64. The summed E-state index contributed by atoms with van der Waals surface area (Å²) in [7, 11) is -1.64. The van der Waals surface area contributed by atoms with E-state index in [2.05, 4.69) is 4.90 Å². The highest BCUT2D eigenvalue weighted by molar-refractivity contribution is 7.91. The molecule has 0 atom stereocenters. The number of amides is 1. The van der Waals surface area contributed by atoms with E-state index in [1.165, 1.54) is 0 Å². The van der Waals surface area contributed by atoms with Gasteiger partial charge >= 0.3 is 0 Å². The third-order valence-electron chi connectivity index (χ3n) is 5.53. The van der Waals surface area contributed by atoms with Gasteiger partial charge in [-0.2, -0.15) is 0 Å². The molecule has 4 rings (SSSR count). The zero-order chi connectivity index (χ0) is 20.6. The Labute approximate surface area is 171 Å². The molecule has 0 unspecified atom stereocenters. The Morgan fingerprint density at radius 2 is 1.62 bits per heavy atom. The number of para-hydroxylation sites is 1. The van der Waals surface area contributed by atoms with Crippen LogP contribution in [0.1, 0.15) is 5.56 Å². The molecule has 0 radical (unpaired) electrons. The highest BCUT2D eigenvalue weighted by Gasteiger charge is 2.25. The van der Waals surface area contributed by atoms with Crippen molar-refractivity contribution in [3.8, 4) is 0 Å². The van der Waals surface area contributed by atoms with Gasteiger partial charge in [0, 0.05) is 43.3 Å². The number of benzene rings is 2. The Morgan fingerprint density at radius 1 is 0.966 bits per heavy atom. The van der Waals surface area contributed by atoms with Crippen LogP contribution in [0.5, 0.6) is 0 Å². The summed E-state index contributed by atoms with van der Waals surface area (Å²) in [6.07, 6.45) is 1.60. The van der Waals surface area contributed by atoms with Crippen LogP contribution in [0.4, 0.5) is 0 Å². The van der Waals surface area contributed by atoms with Gasteiger partial charge in [-0.15, -0.1) is 0 Å². The fourth-order valence-electron chi connectivity index (χ4n) is 3.70. The number of rotatable bonds is 4. The molecule has 0 N–H and O–H groups in total. The highest BCUT2D eigenvalue weighted by Crippen LogP contribution is 2.30. The van der Waals surface area contributed by atoms with Gasteiger partial charge in [0.25, 0.3) is 0 Å². The minimum atomic E-state index is -3.68. The Balaban J connectivity index is 1.70. The molecule has 0 spiro atoms. The van der Waals surface area contributed by atoms with Gasteiger partial charge in [0.2, 0.25) is 15.7 Å². The van der Waals surface area contributed by atoms with Crippen molar-refractivity contribution >= 4 is 26.6 Å². The van der Waals surface area contributed by atoms with E-state index >= 15 is 0 Å². The lowest BCUT2D eigenvalue weighted by molar-refractivity contribution is -0.133. The first-order valence-corrected chi connectivity index (χ1v) is 11.2. The van der Waals surface area contributed by atoms with Crippen LogP contribution in [0.25, 0.3) is 10.9 Å². The topological polar surface area (TPSA) is 62.6 Å². The molecule has 0 saturated carbocycles. The number of sulfone groups is 1. The summed E-state index contributed by atoms with van der Waals surface area (Å²) in [4.78, 5) is 17.4. The number of likely N-dealkylation sites (N-methyl/N-ethyl adjacent to an activating group) is 1. The third-order valence-corrected chi connectivity index (χ3v) is 7.33. The quantitative estimate of drug-likeness (QED) is 0.662. The number of aromatic nitrogens is 1. The Hall–Kier alpha value is -2.64. The van der Waals surface area contributed by atoms with E-state index < -0.39 is 9.84 Å². The van der Waals surface area contributed by atoms with Gasteiger partial charge in [-0.1, -0.05) is 35.9 Å². The molecule has 3 aromatic rings. The predicted octanol–water partition coefficient (Wildman–Crippen LogP) is 2.56. The SMILES string of the molecule is Cc1ccc(S(=O)(=O)c2cn(CC(=O)N3CCN(C)CC3)c3ccccc23)cc1. The zero-order valence-electron chi connectivity index (χ0n) is 16.7. The van der Waals surface area contributed by atoms with Gasteiger partial charge in [-0.05, 0) is 32.2 Å². The van der Waals surface area contributed by atoms with Crippen molar-refractivity contribution in [2.24, 2.45) is 0 Å². The number of nitrogens with zero attached hydrogens (tertiary/aromatic N) is 3. The highest BCUT2D eigenvalue weighted by atomic mass is 32.2. The molecule has 0 bridgehead atoms. The summed E-state index contributed by atoms with van der Waals surface area (Å²) in [6.45, 7) is 5.16. The van der Waals surface area contributed by atoms with Crippen LogP contribution in [-0.2, 0) is 21.2 Å². The van der Waals surface area contributed by atoms with E-state index in [1.807, 2.05) is 37.1 Å². The third kappa shape index (κ3) is 3.80. The van der Waals surface area contributed by atoms with Crippen LogP contribution in [0, 0.1) is 6.92 Å². The average molecular weight is 412 g/mol. The second-order valence-corrected chi connectivity index (χ2v) is 9.56. The van der Waals surface area contributed by atoms with Gasteiger partial charge in [0.05, 0.1) is 9.79 Å². The maximum Gasteiger partial charge on any atom is 0.242 e. The number of piperazine rings is 1. The van der Waals surface area contributed by atoms with Crippen molar-refractivity contribution in [3.05, 3.63) is 60.3 Å². The van der Waals surface area contributed by atoms with Crippen molar-refractivity contribution in [2.75, 3.05) is 33.2 Å². The van der Waals surface area contributed by atoms with Crippen LogP contribution in [0.2, 0.25) is 0 Å². The molecule has 6 nitrogen and oxygen atoms in total. The maximum absolute atomic E-state index is 13.3. The Morgan fingerprint density at radius 3 is 2.31 bits per heavy atom. The van der Waals surface area contributed by atoms with Gasteiger partial charge in [-0.25, -0.2) is 8.42 Å². The summed E-state index contributed by atoms with van der Waals surface area (Å²) in [5.41, 5.74) is 1.75. The Bertz CT molecular complexity index is 1140. The van der Waals surface area contributed by atoms with Gasteiger partial charge < -0.3 is 14.4 Å². The van der Waals surface area contributed by atoms with Gasteiger partial charge in [-0.3, -0.25) is 4.79 Å². The Kier molecular flexibility index (Phi) is 5.19. The molecule has 1 aromatic heterocycles. The summed E-state index contributed by atoms with van der Waals surface area (Å²) in [5.74, 6) is 0.0122. The molecule has 152 valence electrons. The first-order valence-electron chi connectivity index (χ1n) is 9.72. The second kappa shape index (κ2) is 7.65. The lowest BCUT2D eigenvalue weighted by Crippen LogP contribution is -2.48. The summed E-state index contributed by atoms with van der Waals surface area (Å²) in [5, 5.41) is 0.638. The summed E-state index contributed by atoms with van der Waals surface area (Å²) >= 11 is 0. The van der Waals surface area contributed by atoms with Crippen LogP contribution in [0.3, 0.4) is 0 Å². The van der Waals surface area contributed by atoms with E-state index in [-0.39, 0.29) is 22.2 Å². The van der Waals surface area contributed by atoms with Crippen LogP contribution >= 0.6 is 0 Å². The number of aryl methyl sites for hydroxylation is 1. The van der Waals surface area contributed by atoms with Crippen molar-refractivity contribution in [1.29, 1.82) is 0 Å². The molecular weight excluding hydrogens is 386 g/mol. The molecular formula is C22H25N3O3S. The molecule has 1 amide bonds. The van der Waals surface area contributed by atoms with E-state index in [0.717, 1.165) is 24.2 Å². The molecule has 1 aliphatic heterocycles. The first kappa shape index (κ1) is 19.7. The van der Waals surface area contributed by atoms with Gasteiger partial charge in [0.15, 0.2) is 0 Å². The van der Waals surface area contributed by atoms with Crippen LogP contribution in [-0.4, -0.2) is 61.9 Å². The number of hydrogen-bond donors (Lipinski definition) is 0. The maximum atomic E-state index is 13.3. The first-order chi connectivity index (χ1) is 13.9. The average Bonchev–Trinajstić information content (AvgIpc) is 3.08. The van der Waals surface area contributed by atoms with E-state index in [1.54, 1.807) is 41.1 Å². The molecule has 29 heavy (non-hydrogen) atoms. The molecule has 2 aromatic carbocycles. The van der Waals surface area contributed by atoms with Crippen molar-refractivity contribution in [2.45, 2.75) is 23.3 Å². The number of fused-ring (bicyclic) bond motifs is 1. The minimum absolute atomic E-state index is 0.0122. The standard InChI is InChI=1S/C22H25N3O3S/c1-17-7-9-18(10-8-17)29(27,28)21-15-25(20-6-4-3-5-19(20)21)16-22(26)24-13-11-23(2)12-14-24/h3-10,15H,11-14,16H2,1-2H3. The number of carbonyl (C=O) groups excluding carboxylic acids is 1.